The summed E-state index contributed by atoms with van der Waals surface area (Å²) in [6, 6.07) is 6.74. The Kier molecular flexibility index (Phi) is 3.99. The summed E-state index contributed by atoms with van der Waals surface area (Å²) >= 11 is 0. The van der Waals surface area contributed by atoms with E-state index in [2.05, 4.69) is 4.90 Å². The summed E-state index contributed by atoms with van der Waals surface area (Å²) in [6.07, 6.45) is 1.41. The van der Waals surface area contributed by atoms with E-state index in [-0.39, 0.29) is 5.43 Å². The molecule has 3 rings (SSSR count). The molecule has 0 saturated carbocycles. The number of fused-ring (bicyclic) bond motifs is 1. The Morgan fingerprint density at radius 3 is 2.90 bits per heavy atom. The van der Waals surface area contributed by atoms with Gasteiger partial charge in [0.25, 0.3) is 0 Å². The van der Waals surface area contributed by atoms with E-state index in [1.54, 1.807) is 12.1 Å². The van der Waals surface area contributed by atoms with E-state index >= 15 is 0 Å². The first kappa shape index (κ1) is 13.1. The van der Waals surface area contributed by atoms with Crippen LogP contribution in [0.2, 0.25) is 0 Å². The fraction of sp³-hybridized carbons (Fsp3) is 0.400. The van der Waals surface area contributed by atoms with Gasteiger partial charge in [-0.15, -0.1) is 0 Å². The van der Waals surface area contributed by atoms with E-state index in [1.165, 1.54) is 12.3 Å². The van der Waals surface area contributed by atoms with Gasteiger partial charge in [-0.3, -0.25) is 9.69 Å². The SMILES string of the molecule is O=c1ccoc2ccc(OCCN3CCOCC3)cc12. The molecule has 0 radical (unpaired) electrons. The van der Waals surface area contributed by atoms with Gasteiger partial charge >= 0.3 is 0 Å². The summed E-state index contributed by atoms with van der Waals surface area (Å²) in [5, 5.41) is 0.552. The summed E-state index contributed by atoms with van der Waals surface area (Å²) in [6.45, 7) is 4.94. The maximum atomic E-state index is 11.7. The number of rotatable bonds is 4. The highest BCUT2D eigenvalue weighted by molar-refractivity contribution is 5.77. The molecule has 1 aromatic carbocycles. The second-order valence-electron chi connectivity index (χ2n) is 4.75. The second-order valence-corrected chi connectivity index (χ2v) is 4.75. The fourth-order valence-electron chi connectivity index (χ4n) is 2.27. The van der Waals surface area contributed by atoms with E-state index in [4.69, 9.17) is 13.9 Å². The van der Waals surface area contributed by atoms with E-state index in [9.17, 15) is 4.79 Å². The summed E-state index contributed by atoms with van der Waals surface area (Å²) in [5.41, 5.74) is 0.530. The highest BCUT2D eigenvalue weighted by Crippen LogP contribution is 2.18. The summed E-state index contributed by atoms with van der Waals surface area (Å²) in [4.78, 5) is 14.0. The van der Waals surface area contributed by atoms with Crippen LogP contribution >= 0.6 is 0 Å². The van der Waals surface area contributed by atoms with Crippen LogP contribution < -0.4 is 10.2 Å². The van der Waals surface area contributed by atoms with Gasteiger partial charge in [0, 0.05) is 25.7 Å². The van der Waals surface area contributed by atoms with Gasteiger partial charge in [0.1, 0.15) is 17.9 Å². The minimum atomic E-state index is -0.0510. The van der Waals surface area contributed by atoms with Gasteiger partial charge in [-0.05, 0) is 18.2 Å². The first-order chi connectivity index (χ1) is 9.83. The molecule has 2 aromatic rings. The Hall–Kier alpha value is -1.85. The number of hydrogen-bond acceptors (Lipinski definition) is 5. The van der Waals surface area contributed by atoms with E-state index in [0.717, 1.165) is 32.8 Å². The number of nitrogens with zero attached hydrogens (tertiary/aromatic N) is 1. The van der Waals surface area contributed by atoms with Crippen LogP contribution in [0.3, 0.4) is 0 Å². The van der Waals surface area contributed by atoms with Crippen LogP contribution in [0.15, 0.2) is 39.7 Å². The second kappa shape index (κ2) is 6.07. The van der Waals surface area contributed by atoms with Crippen molar-refractivity contribution in [3.63, 3.8) is 0 Å². The van der Waals surface area contributed by atoms with Crippen LogP contribution in [0.25, 0.3) is 11.0 Å². The van der Waals surface area contributed by atoms with Crippen LogP contribution in [0, 0.1) is 0 Å². The molecular weight excluding hydrogens is 258 g/mol. The maximum absolute atomic E-state index is 11.7. The minimum Gasteiger partial charge on any atom is -0.492 e. The Bertz CT molecular complexity index is 631. The zero-order valence-corrected chi connectivity index (χ0v) is 11.2. The average Bonchev–Trinajstić information content (AvgIpc) is 2.49. The summed E-state index contributed by atoms with van der Waals surface area (Å²) < 4.78 is 16.3. The number of ether oxygens (including phenoxy) is 2. The van der Waals surface area contributed by atoms with Crippen LogP contribution in [-0.2, 0) is 4.74 Å². The van der Waals surface area contributed by atoms with Crippen molar-refractivity contribution in [2.75, 3.05) is 39.5 Å². The maximum Gasteiger partial charge on any atom is 0.192 e. The molecule has 1 aliphatic heterocycles. The largest absolute Gasteiger partial charge is 0.492 e. The van der Waals surface area contributed by atoms with Gasteiger partial charge in [-0.2, -0.15) is 0 Å². The smallest absolute Gasteiger partial charge is 0.192 e. The van der Waals surface area contributed by atoms with Gasteiger partial charge in [-0.25, -0.2) is 0 Å². The van der Waals surface area contributed by atoms with Gasteiger partial charge in [-0.1, -0.05) is 0 Å². The molecule has 5 heteroatoms. The molecule has 106 valence electrons. The Labute approximate surface area is 116 Å². The van der Waals surface area contributed by atoms with Crippen molar-refractivity contribution in [1.29, 1.82) is 0 Å². The minimum absolute atomic E-state index is 0.0510. The zero-order valence-electron chi connectivity index (χ0n) is 11.2. The van der Waals surface area contributed by atoms with Crippen molar-refractivity contribution < 1.29 is 13.9 Å². The van der Waals surface area contributed by atoms with Crippen LogP contribution in [-0.4, -0.2) is 44.4 Å². The van der Waals surface area contributed by atoms with Gasteiger partial charge < -0.3 is 13.9 Å². The Balaban J connectivity index is 1.62. The molecule has 0 N–H and O–H groups in total. The third kappa shape index (κ3) is 3.00. The van der Waals surface area contributed by atoms with E-state index < -0.39 is 0 Å². The lowest BCUT2D eigenvalue weighted by molar-refractivity contribution is 0.0322. The van der Waals surface area contributed by atoms with Crippen LogP contribution in [0.1, 0.15) is 0 Å². The molecule has 5 nitrogen and oxygen atoms in total. The first-order valence-corrected chi connectivity index (χ1v) is 6.77. The van der Waals surface area contributed by atoms with Crippen molar-refractivity contribution in [3.8, 4) is 5.75 Å². The lowest BCUT2D eigenvalue weighted by Gasteiger charge is -2.26. The Morgan fingerprint density at radius 2 is 2.05 bits per heavy atom. The molecule has 0 bridgehead atoms. The Morgan fingerprint density at radius 1 is 1.20 bits per heavy atom. The molecule has 0 unspecified atom stereocenters. The molecule has 0 spiro atoms. The third-order valence-electron chi connectivity index (χ3n) is 3.41. The summed E-state index contributed by atoms with van der Waals surface area (Å²) in [7, 11) is 0. The molecule has 2 heterocycles. The molecule has 0 atom stereocenters. The highest BCUT2D eigenvalue weighted by Gasteiger charge is 2.10. The highest BCUT2D eigenvalue weighted by atomic mass is 16.5. The molecule has 1 aliphatic rings. The molecule has 1 fully saturated rings. The van der Waals surface area contributed by atoms with Crippen molar-refractivity contribution in [3.05, 3.63) is 40.8 Å². The molecule has 0 amide bonds. The van der Waals surface area contributed by atoms with Crippen LogP contribution in [0.5, 0.6) is 5.75 Å². The molecule has 1 aromatic heterocycles. The normalized spacial score (nSPS) is 16.4. The van der Waals surface area contributed by atoms with E-state index in [1.807, 2.05) is 6.07 Å². The third-order valence-corrected chi connectivity index (χ3v) is 3.41. The molecule has 1 saturated heterocycles. The lowest BCUT2D eigenvalue weighted by Crippen LogP contribution is -2.38. The number of morpholine rings is 1. The predicted molar refractivity (Wildman–Crippen MR) is 75.2 cm³/mol. The van der Waals surface area contributed by atoms with Crippen molar-refractivity contribution in [2.24, 2.45) is 0 Å². The molecule has 0 aliphatic carbocycles. The topological polar surface area (TPSA) is 51.9 Å². The predicted octanol–water partition coefficient (Wildman–Crippen LogP) is 1.50. The zero-order chi connectivity index (χ0) is 13.8. The lowest BCUT2D eigenvalue weighted by atomic mass is 10.2. The van der Waals surface area contributed by atoms with Crippen molar-refractivity contribution in [1.82, 2.24) is 4.90 Å². The summed E-state index contributed by atoms with van der Waals surface area (Å²) in [5.74, 6) is 0.698. The molecular formula is C15H17NO4. The number of benzene rings is 1. The van der Waals surface area contributed by atoms with Crippen LogP contribution in [0.4, 0.5) is 0 Å². The molecule has 20 heavy (non-hydrogen) atoms. The fourth-order valence-corrected chi connectivity index (χ4v) is 2.27. The first-order valence-electron chi connectivity index (χ1n) is 6.77. The number of hydrogen-bond donors (Lipinski definition) is 0. The monoisotopic (exact) mass is 275 g/mol. The van der Waals surface area contributed by atoms with E-state index in [0.29, 0.717) is 23.3 Å². The quantitative estimate of drug-likeness (QED) is 0.846. The van der Waals surface area contributed by atoms with Gasteiger partial charge in [0.2, 0.25) is 0 Å². The average molecular weight is 275 g/mol. The van der Waals surface area contributed by atoms with Crippen molar-refractivity contribution >= 4 is 11.0 Å². The van der Waals surface area contributed by atoms with Gasteiger partial charge in [0.15, 0.2) is 5.43 Å². The standard InChI is InChI=1S/C15H17NO4/c17-14-3-7-20-15-2-1-12(11-13(14)15)19-10-6-16-4-8-18-9-5-16/h1-3,7,11H,4-6,8-10H2. The van der Waals surface area contributed by atoms with Gasteiger partial charge in [0.05, 0.1) is 24.9 Å². The van der Waals surface area contributed by atoms with Crippen molar-refractivity contribution in [2.45, 2.75) is 0 Å².